The van der Waals surface area contributed by atoms with Gasteiger partial charge in [0.15, 0.2) is 5.13 Å². The largest absolute Gasteiger partial charge is 0.301 e. The van der Waals surface area contributed by atoms with Crippen LogP contribution in [0.1, 0.15) is 46.4 Å². The number of hydrogen-bond donors (Lipinski definition) is 1. The number of halogens is 1. The van der Waals surface area contributed by atoms with E-state index in [0.29, 0.717) is 15.7 Å². The number of amides is 1. The summed E-state index contributed by atoms with van der Waals surface area (Å²) >= 11 is 7.55. The fourth-order valence-corrected chi connectivity index (χ4v) is 4.63. The van der Waals surface area contributed by atoms with Crippen molar-refractivity contribution in [2.24, 2.45) is 0 Å². The molecule has 6 nitrogen and oxygen atoms in total. The quantitative estimate of drug-likeness (QED) is 0.688. The van der Waals surface area contributed by atoms with Gasteiger partial charge in [-0.2, -0.15) is 5.10 Å². The fourth-order valence-electron chi connectivity index (χ4n) is 3.42. The van der Waals surface area contributed by atoms with Crippen molar-refractivity contribution in [3.05, 3.63) is 57.3 Å². The number of benzene rings is 1. The Kier molecular flexibility index (Phi) is 5.23. The van der Waals surface area contributed by atoms with E-state index in [1.54, 1.807) is 22.2 Å². The average Bonchev–Trinajstić information content (AvgIpc) is 3.25. The first-order chi connectivity index (χ1) is 13.4. The van der Waals surface area contributed by atoms with Gasteiger partial charge < -0.3 is 4.90 Å². The van der Waals surface area contributed by atoms with E-state index in [9.17, 15) is 4.79 Å². The van der Waals surface area contributed by atoms with E-state index in [1.807, 2.05) is 24.3 Å². The smallest absolute Gasteiger partial charge is 0.260 e. The molecule has 0 saturated heterocycles. The van der Waals surface area contributed by atoms with E-state index in [-0.39, 0.29) is 11.8 Å². The number of nitrogens with zero attached hydrogens (tertiary/aromatic N) is 4. The second-order valence-electron chi connectivity index (χ2n) is 7.32. The summed E-state index contributed by atoms with van der Waals surface area (Å²) in [5.41, 5.74) is 3.40. The molecule has 0 spiro atoms. The number of carbonyl (C=O) groups is 1. The molecular weight excluding hydrogens is 394 g/mol. The Labute approximate surface area is 173 Å². The number of carbonyl (C=O) groups excluding carboxylic acids is 1. The van der Waals surface area contributed by atoms with Gasteiger partial charge in [0.1, 0.15) is 0 Å². The number of likely N-dealkylation sites (N-methyl/N-ethyl adjacent to an activating group) is 1. The van der Waals surface area contributed by atoms with Crippen LogP contribution in [0.2, 0.25) is 5.02 Å². The molecule has 0 bridgehead atoms. The van der Waals surface area contributed by atoms with Crippen LogP contribution in [0, 0.1) is 0 Å². The molecule has 0 saturated carbocycles. The Hall–Kier alpha value is -2.22. The Balaban J connectivity index is 1.62. The van der Waals surface area contributed by atoms with Gasteiger partial charge >= 0.3 is 0 Å². The van der Waals surface area contributed by atoms with Crippen LogP contribution in [0.5, 0.6) is 0 Å². The summed E-state index contributed by atoms with van der Waals surface area (Å²) in [5, 5.41) is 8.76. The van der Waals surface area contributed by atoms with Gasteiger partial charge in [-0.1, -0.05) is 25.4 Å². The molecule has 1 aliphatic rings. The predicted molar refractivity (Wildman–Crippen MR) is 113 cm³/mol. The van der Waals surface area contributed by atoms with Gasteiger partial charge in [-0.25, -0.2) is 9.67 Å². The van der Waals surface area contributed by atoms with Crippen LogP contribution in [0.4, 0.5) is 5.13 Å². The highest BCUT2D eigenvalue weighted by Crippen LogP contribution is 2.29. The maximum Gasteiger partial charge on any atom is 0.260 e. The first-order valence-electron chi connectivity index (χ1n) is 9.24. The van der Waals surface area contributed by atoms with E-state index in [2.05, 4.69) is 41.2 Å². The van der Waals surface area contributed by atoms with Crippen LogP contribution in [0.3, 0.4) is 0 Å². The average molecular weight is 416 g/mol. The highest BCUT2D eigenvalue weighted by Gasteiger charge is 2.23. The number of hydrogen-bond acceptors (Lipinski definition) is 5. The third-order valence-corrected chi connectivity index (χ3v) is 6.06. The summed E-state index contributed by atoms with van der Waals surface area (Å²) in [6, 6.07) is 7.43. The minimum absolute atomic E-state index is 0.122. The minimum Gasteiger partial charge on any atom is -0.301 e. The van der Waals surface area contributed by atoms with Crippen LogP contribution in [-0.4, -0.2) is 39.2 Å². The maximum atomic E-state index is 13.0. The van der Waals surface area contributed by atoms with Crippen LogP contribution < -0.4 is 5.32 Å². The second-order valence-corrected chi connectivity index (χ2v) is 8.84. The monoisotopic (exact) mass is 415 g/mol. The molecule has 0 fully saturated rings. The van der Waals surface area contributed by atoms with Crippen molar-refractivity contribution in [2.75, 3.05) is 18.9 Å². The van der Waals surface area contributed by atoms with Crippen molar-refractivity contribution in [1.82, 2.24) is 19.7 Å². The SMILES string of the molecule is CC(C)c1c(C(=O)Nc2nc3c(s2)CN(C)CC3)cnn1-c1ccc(Cl)cc1. The van der Waals surface area contributed by atoms with Gasteiger partial charge in [0.05, 0.1) is 28.8 Å². The molecule has 1 aliphatic heterocycles. The summed E-state index contributed by atoms with van der Waals surface area (Å²) in [6.45, 7) is 5.99. The van der Waals surface area contributed by atoms with Crippen molar-refractivity contribution in [3.63, 3.8) is 0 Å². The summed E-state index contributed by atoms with van der Waals surface area (Å²) in [7, 11) is 2.10. The Morgan fingerprint density at radius 2 is 2.04 bits per heavy atom. The van der Waals surface area contributed by atoms with Crippen LogP contribution in [0.15, 0.2) is 30.5 Å². The summed E-state index contributed by atoms with van der Waals surface area (Å²) in [6.07, 6.45) is 2.55. The number of fused-ring (bicyclic) bond motifs is 1. The standard InChI is InChI=1S/C20H22ClN5OS/c1-12(2)18-15(10-22-26(18)14-6-4-13(21)5-7-14)19(27)24-20-23-16-8-9-25(3)11-17(16)28-20/h4-7,10,12H,8-9,11H2,1-3H3,(H,23,24,27). The Bertz CT molecular complexity index is 1010. The van der Waals surface area contributed by atoms with Crippen LogP contribution in [-0.2, 0) is 13.0 Å². The van der Waals surface area contributed by atoms with Gasteiger partial charge in [-0.15, -0.1) is 11.3 Å². The molecule has 1 N–H and O–H groups in total. The highest BCUT2D eigenvalue weighted by molar-refractivity contribution is 7.15. The number of rotatable bonds is 4. The zero-order valence-electron chi connectivity index (χ0n) is 16.1. The van der Waals surface area contributed by atoms with Gasteiger partial charge in [0, 0.05) is 29.4 Å². The molecule has 0 radical (unpaired) electrons. The molecule has 3 heterocycles. The molecule has 146 valence electrons. The van der Waals surface area contributed by atoms with E-state index in [1.165, 1.54) is 4.88 Å². The lowest BCUT2D eigenvalue weighted by atomic mass is 10.1. The zero-order valence-corrected chi connectivity index (χ0v) is 17.6. The molecule has 1 aromatic carbocycles. The van der Waals surface area contributed by atoms with Gasteiger partial charge in [-0.05, 0) is 37.2 Å². The normalized spacial score (nSPS) is 14.3. The lowest BCUT2D eigenvalue weighted by Crippen LogP contribution is -2.25. The third kappa shape index (κ3) is 3.70. The summed E-state index contributed by atoms with van der Waals surface area (Å²) in [4.78, 5) is 21.1. The van der Waals surface area contributed by atoms with Crippen molar-refractivity contribution in [3.8, 4) is 5.69 Å². The molecular formula is C20H22ClN5OS. The van der Waals surface area contributed by atoms with Crippen LogP contribution in [0.25, 0.3) is 5.69 Å². The topological polar surface area (TPSA) is 63.1 Å². The first kappa shape index (κ1) is 19.1. The molecule has 28 heavy (non-hydrogen) atoms. The Morgan fingerprint density at radius 1 is 1.29 bits per heavy atom. The zero-order chi connectivity index (χ0) is 19.8. The number of nitrogens with one attached hydrogen (secondary N) is 1. The molecule has 0 unspecified atom stereocenters. The number of thiazole rings is 1. The van der Waals surface area contributed by atoms with E-state index in [0.717, 1.165) is 36.6 Å². The summed E-state index contributed by atoms with van der Waals surface area (Å²) < 4.78 is 1.80. The van der Waals surface area contributed by atoms with Crippen LogP contribution >= 0.6 is 22.9 Å². The molecule has 4 rings (SSSR count). The molecule has 3 aromatic rings. The van der Waals surface area contributed by atoms with E-state index >= 15 is 0 Å². The van der Waals surface area contributed by atoms with Gasteiger partial charge in [0.2, 0.25) is 0 Å². The van der Waals surface area contributed by atoms with Crippen molar-refractivity contribution in [1.29, 1.82) is 0 Å². The lowest BCUT2D eigenvalue weighted by Gasteiger charge is -2.20. The van der Waals surface area contributed by atoms with Crippen molar-refractivity contribution in [2.45, 2.75) is 32.7 Å². The minimum atomic E-state index is -0.177. The van der Waals surface area contributed by atoms with E-state index in [4.69, 9.17) is 11.6 Å². The molecule has 1 amide bonds. The lowest BCUT2D eigenvalue weighted by molar-refractivity contribution is 0.102. The third-order valence-electron chi connectivity index (χ3n) is 4.81. The number of aromatic nitrogens is 3. The van der Waals surface area contributed by atoms with E-state index < -0.39 is 0 Å². The fraction of sp³-hybridized carbons (Fsp3) is 0.350. The second kappa shape index (κ2) is 7.66. The number of anilines is 1. The Morgan fingerprint density at radius 3 is 2.75 bits per heavy atom. The molecule has 0 aliphatic carbocycles. The van der Waals surface area contributed by atoms with Crippen molar-refractivity contribution < 1.29 is 4.79 Å². The van der Waals surface area contributed by atoms with Crippen molar-refractivity contribution >= 4 is 34.0 Å². The van der Waals surface area contributed by atoms with Gasteiger partial charge in [0.25, 0.3) is 5.91 Å². The molecule has 8 heteroatoms. The molecule has 2 aromatic heterocycles. The predicted octanol–water partition coefficient (Wildman–Crippen LogP) is 4.35. The highest BCUT2D eigenvalue weighted by atomic mass is 35.5. The maximum absolute atomic E-state index is 13.0. The van der Waals surface area contributed by atoms with Gasteiger partial charge in [-0.3, -0.25) is 10.1 Å². The summed E-state index contributed by atoms with van der Waals surface area (Å²) in [5.74, 6) is -0.0551. The molecule has 0 atom stereocenters. The first-order valence-corrected chi connectivity index (χ1v) is 10.4.